The molecule has 2 N–H and O–H groups in total. The molecule has 0 aliphatic carbocycles. The van der Waals surface area contributed by atoms with Crippen LogP contribution >= 0.6 is 22.6 Å². The van der Waals surface area contributed by atoms with E-state index in [0.717, 1.165) is 104 Å². The summed E-state index contributed by atoms with van der Waals surface area (Å²) in [6, 6.07) is 16.1. The lowest BCUT2D eigenvalue weighted by molar-refractivity contribution is 0.0398. The van der Waals surface area contributed by atoms with Gasteiger partial charge in [0.05, 0.1) is 51.0 Å². The van der Waals surface area contributed by atoms with Gasteiger partial charge in [0.2, 0.25) is 30.0 Å². The summed E-state index contributed by atoms with van der Waals surface area (Å²) < 4.78 is 67.2. The molecule has 6 aromatic rings. The molecule has 22 nitrogen and oxygen atoms in total. The molecule has 2 saturated heterocycles. The van der Waals surface area contributed by atoms with E-state index in [9.17, 15) is 36.0 Å². The van der Waals surface area contributed by atoms with Crippen LogP contribution < -0.4 is 33.1 Å². The first-order chi connectivity index (χ1) is 34.1. The molecule has 4 aliphatic rings. The molecule has 0 bridgehead atoms. The van der Waals surface area contributed by atoms with Gasteiger partial charge < -0.3 is 29.2 Å². The van der Waals surface area contributed by atoms with E-state index in [1.807, 2.05) is 24.3 Å². The molecule has 8 heterocycles. The zero-order chi connectivity index (χ0) is 50.5. The molecule has 0 amide bonds. The lowest BCUT2D eigenvalue weighted by Gasteiger charge is -2.26. The maximum absolute atomic E-state index is 12.8. The van der Waals surface area contributed by atoms with Crippen LogP contribution in [0.5, 0.6) is 0 Å². The van der Waals surface area contributed by atoms with Crippen molar-refractivity contribution >= 4 is 76.0 Å². The fourth-order valence-corrected chi connectivity index (χ4v) is 11.7. The molecular weight excluding hydrogens is 1070 g/mol. The van der Waals surface area contributed by atoms with E-state index in [4.69, 9.17) is 15.9 Å². The molecule has 0 unspecified atom stereocenters. The van der Waals surface area contributed by atoms with Gasteiger partial charge in [-0.1, -0.05) is 29.9 Å². The van der Waals surface area contributed by atoms with E-state index in [-0.39, 0.29) is 70.3 Å². The van der Waals surface area contributed by atoms with Gasteiger partial charge in [0.15, 0.2) is 22.3 Å². The molecule has 71 heavy (non-hydrogen) atoms. The number of aryl methyl sites for hydroxylation is 2. The van der Waals surface area contributed by atoms with Crippen LogP contribution in [0.15, 0.2) is 78.0 Å². The molecule has 0 spiro atoms. The van der Waals surface area contributed by atoms with Crippen molar-refractivity contribution in [2.24, 2.45) is 14.1 Å². The van der Waals surface area contributed by atoms with Crippen LogP contribution in [0.3, 0.4) is 0 Å². The molecular formula is C46H53IN12O10S2. The number of fused-ring (bicyclic) bond motifs is 6. The van der Waals surface area contributed by atoms with E-state index in [0.29, 0.717) is 0 Å². The lowest BCUT2D eigenvalue weighted by atomic mass is 10.2. The summed E-state index contributed by atoms with van der Waals surface area (Å²) in [4.78, 5) is 62.6. The predicted octanol–water partition coefficient (Wildman–Crippen LogP) is -0.168. The summed E-state index contributed by atoms with van der Waals surface area (Å²) in [6.45, 7) is 11.3. The first kappa shape index (κ1) is 51.3. The summed E-state index contributed by atoms with van der Waals surface area (Å²) in [7, 11) is -4.39. The van der Waals surface area contributed by atoms with Crippen molar-refractivity contribution in [2.45, 2.75) is 36.5 Å². The largest absolute Gasteiger partial charge is 0.384 e. The van der Waals surface area contributed by atoms with Gasteiger partial charge in [-0.05, 0) is 59.0 Å². The molecule has 25 heteroatoms. The van der Waals surface area contributed by atoms with Gasteiger partial charge in [-0.2, -0.15) is 9.97 Å². The summed E-state index contributed by atoms with van der Waals surface area (Å²) >= 11 is 2.33. The van der Waals surface area contributed by atoms with E-state index in [2.05, 4.69) is 95.0 Å². The third-order valence-corrected chi connectivity index (χ3v) is 16.1. The summed E-state index contributed by atoms with van der Waals surface area (Å²) in [6.07, 6.45) is 5.20. The number of hydrogen-bond donors (Lipinski definition) is 2. The number of ether oxygens (including phenoxy) is 2. The Bertz CT molecular complexity index is 3570. The third kappa shape index (κ3) is 11.4. The van der Waals surface area contributed by atoms with Gasteiger partial charge in [-0.15, -0.1) is 6.42 Å². The molecule has 376 valence electrons. The first-order valence-corrected chi connectivity index (χ1v) is 27.2. The molecule has 4 aliphatic heterocycles. The lowest BCUT2D eigenvalue weighted by Crippen LogP contribution is -2.39. The van der Waals surface area contributed by atoms with Gasteiger partial charge >= 0.3 is 11.4 Å². The van der Waals surface area contributed by atoms with Gasteiger partial charge in [-0.25, -0.2) is 26.4 Å². The van der Waals surface area contributed by atoms with Crippen LogP contribution in [-0.4, -0.2) is 154 Å². The molecule has 4 aromatic heterocycles. The quantitative estimate of drug-likeness (QED) is 0.134. The fraction of sp³-hybridized carbons (Fsp3) is 0.435. The third-order valence-electron chi connectivity index (χ3n) is 12.2. The van der Waals surface area contributed by atoms with Gasteiger partial charge in [0.25, 0.3) is 11.1 Å². The number of rotatable bonds is 10. The Morgan fingerprint density at radius 3 is 1.61 bits per heavy atom. The van der Waals surface area contributed by atoms with Crippen molar-refractivity contribution in [2.75, 3.05) is 101 Å². The van der Waals surface area contributed by atoms with Crippen LogP contribution in [0.1, 0.15) is 5.56 Å². The highest BCUT2D eigenvalue weighted by Crippen LogP contribution is 2.24. The highest BCUT2D eigenvalue weighted by atomic mass is 127. The molecule has 2 fully saturated rings. The second kappa shape index (κ2) is 22.1. The number of anilines is 2. The Labute approximate surface area is 422 Å². The molecule has 0 atom stereocenters. The van der Waals surface area contributed by atoms with Crippen molar-refractivity contribution in [3.05, 3.63) is 99.3 Å². The zero-order valence-electron chi connectivity index (χ0n) is 39.2. The zero-order valence-corrected chi connectivity index (χ0v) is 43.0. The molecule has 10 rings (SSSR count). The highest BCUT2D eigenvalue weighted by Gasteiger charge is 2.34. The number of morpholine rings is 2. The number of hydrogen-bond acceptors (Lipinski definition) is 16. The molecule has 2 aromatic carbocycles. The highest BCUT2D eigenvalue weighted by molar-refractivity contribution is 14.1. The van der Waals surface area contributed by atoms with Crippen LogP contribution in [0.2, 0.25) is 0 Å². The van der Waals surface area contributed by atoms with Gasteiger partial charge in [-0.3, -0.25) is 37.7 Å². The number of aromatic nitrogens is 8. The van der Waals surface area contributed by atoms with Gasteiger partial charge in [0.1, 0.15) is 0 Å². The standard InChI is InChI=1S/C23H26N6O5S.C12H17IN2O.C11H10N4O4S/c1-26-21(30)19-20(25-22-28(19)12-15-35(22,32)33)29(23(26)31)8-3-5-17-4-2-6-18(16-17)24-7-9-27-10-13-34-14-11-27;13-11-2-1-3-12(10-11)14-4-5-15-6-8-16-9-7-15;1-3-4-15-8-7(9(16)13(2)11(15)17)14-5-6-20(18,19)10(14)12-8/h2,4,6,16,24H,7-15H2,1H3;1-3,10,14H,4-9H2;1H,4-6H2,2H3. The minimum absolute atomic E-state index is 0.0225. The number of nitrogens with zero attached hydrogens (tertiary/aromatic N) is 10. The van der Waals surface area contributed by atoms with E-state index in [1.54, 1.807) is 0 Å². The SMILES string of the molecule is C#CCn1c(=O)n(C)c(=O)c2c1nc1n2CCS1(=O)=O.Cn1c(=O)c2c(nc3n2CCS3(=O)=O)n(CC#Cc2cccc(NCCN3CCOCC3)c2)c1=O.Ic1cccc(NCCN2CCOCC2)c1. The fourth-order valence-electron chi connectivity index (χ4n) is 8.44. The van der Waals surface area contributed by atoms with Crippen molar-refractivity contribution in [1.82, 2.24) is 47.2 Å². The number of nitrogens with one attached hydrogen (secondary N) is 2. The maximum Gasteiger partial charge on any atom is 0.333 e. The smallest absolute Gasteiger partial charge is 0.333 e. The van der Waals surface area contributed by atoms with E-state index < -0.39 is 42.2 Å². The first-order valence-electron chi connectivity index (χ1n) is 22.8. The van der Waals surface area contributed by atoms with Crippen LogP contribution in [-0.2, 0) is 69.4 Å². The minimum atomic E-state index is -3.57. The number of sulfone groups is 2. The normalized spacial score (nSPS) is 16.9. The Morgan fingerprint density at radius 2 is 1.13 bits per heavy atom. The maximum atomic E-state index is 12.8. The van der Waals surface area contributed by atoms with Crippen molar-refractivity contribution < 1.29 is 26.3 Å². The average molecular weight is 1130 g/mol. The van der Waals surface area contributed by atoms with Crippen LogP contribution in [0.25, 0.3) is 22.3 Å². The summed E-state index contributed by atoms with van der Waals surface area (Å²) in [5.41, 5.74) is 0.843. The number of imidazole rings is 2. The Hall–Kier alpha value is -6.07. The Kier molecular flexibility index (Phi) is 16.0. The summed E-state index contributed by atoms with van der Waals surface area (Å²) in [5, 5.41) is 6.50. The number of benzene rings is 2. The number of halogens is 1. The topological polar surface area (TPSA) is 241 Å². The van der Waals surface area contributed by atoms with Crippen LogP contribution in [0.4, 0.5) is 11.4 Å². The van der Waals surface area contributed by atoms with Crippen LogP contribution in [0, 0.1) is 27.8 Å². The van der Waals surface area contributed by atoms with Crippen molar-refractivity contribution in [1.29, 1.82) is 0 Å². The second-order valence-corrected chi connectivity index (χ2v) is 22.2. The second-order valence-electron chi connectivity index (χ2n) is 16.9. The Morgan fingerprint density at radius 1 is 0.662 bits per heavy atom. The molecule has 0 radical (unpaired) electrons. The number of terminal acetylenes is 1. The average Bonchev–Trinajstić information content (AvgIpc) is 4.11. The summed E-state index contributed by atoms with van der Waals surface area (Å²) in [5.74, 6) is 8.11. The minimum Gasteiger partial charge on any atom is -0.384 e. The molecule has 0 saturated carbocycles. The Balaban J connectivity index is 0.000000158. The monoisotopic (exact) mass is 1120 g/mol. The van der Waals surface area contributed by atoms with E-state index in [1.165, 1.54) is 37.1 Å². The van der Waals surface area contributed by atoms with Crippen molar-refractivity contribution in [3.63, 3.8) is 0 Å². The van der Waals surface area contributed by atoms with Gasteiger partial charge in [0, 0.05) is 100 Å². The van der Waals surface area contributed by atoms with E-state index >= 15 is 0 Å². The predicted molar refractivity (Wildman–Crippen MR) is 275 cm³/mol. The van der Waals surface area contributed by atoms with Crippen molar-refractivity contribution in [3.8, 4) is 24.2 Å².